The lowest BCUT2D eigenvalue weighted by atomic mass is 10.1. The molecule has 0 spiro atoms. The Hall–Kier alpha value is -2.74. The van der Waals surface area contributed by atoms with Gasteiger partial charge >= 0.3 is 11.9 Å². The van der Waals surface area contributed by atoms with E-state index < -0.39 is 54.9 Å². The standard InChI is InChI=1S/C16H16F4N4O4S2/c1-7(2)30(27,28)22-10-5-11(9(17)4-8(10)14(21)29)24-13(25)6-12(16(18,19)20)23(3)15(24)26/h4-7,22H,1-3H3,(H2,21,29). The number of nitrogens with zero attached hydrogens (tertiary/aromatic N) is 2. The Labute approximate surface area is 173 Å². The zero-order valence-electron chi connectivity index (χ0n) is 15.7. The molecule has 0 aliphatic carbocycles. The molecule has 8 nitrogen and oxygen atoms in total. The van der Waals surface area contributed by atoms with Gasteiger partial charge in [-0.15, -0.1) is 0 Å². The molecule has 0 bridgehead atoms. The van der Waals surface area contributed by atoms with Gasteiger partial charge in [-0.05, 0) is 26.0 Å². The lowest BCUT2D eigenvalue weighted by molar-refractivity contribution is -0.144. The number of nitrogens with two attached hydrogens (primary N) is 1. The number of sulfonamides is 1. The molecule has 164 valence electrons. The van der Waals surface area contributed by atoms with Crippen molar-refractivity contribution in [3.8, 4) is 5.69 Å². The zero-order valence-corrected chi connectivity index (χ0v) is 17.4. The molecule has 0 saturated heterocycles. The van der Waals surface area contributed by atoms with Gasteiger partial charge in [-0.25, -0.2) is 22.2 Å². The van der Waals surface area contributed by atoms with Crippen LogP contribution in [0.25, 0.3) is 5.69 Å². The summed E-state index contributed by atoms with van der Waals surface area (Å²) in [6.07, 6.45) is -5.00. The number of hydrogen-bond donors (Lipinski definition) is 2. The van der Waals surface area contributed by atoms with Gasteiger partial charge < -0.3 is 5.73 Å². The summed E-state index contributed by atoms with van der Waals surface area (Å²) in [6.45, 7) is 2.70. The fraction of sp³-hybridized carbons (Fsp3) is 0.312. The number of aromatic nitrogens is 2. The zero-order chi connectivity index (χ0) is 23.2. The van der Waals surface area contributed by atoms with Crippen LogP contribution in [0.5, 0.6) is 0 Å². The first-order valence-corrected chi connectivity index (χ1v) is 10.1. The fourth-order valence-corrected chi connectivity index (χ4v) is 3.29. The summed E-state index contributed by atoms with van der Waals surface area (Å²) < 4.78 is 80.5. The minimum Gasteiger partial charge on any atom is -0.389 e. The molecular formula is C16H16F4N4O4S2. The molecule has 2 rings (SSSR count). The molecule has 3 N–H and O–H groups in total. The van der Waals surface area contributed by atoms with Crippen molar-refractivity contribution in [2.75, 3.05) is 4.72 Å². The van der Waals surface area contributed by atoms with E-state index in [9.17, 15) is 35.6 Å². The summed E-state index contributed by atoms with van der Waals surface area (Å²) >= 11 is 4.77. The molecule has 0 aliphatic heterocycles. The lowest BCUT2D eigenvalue weighted by Crippen LogP contribution is -2.41. The van der Waals surface area contributed by atoms with Gasteiger partial charge in [0.2, 0.25) is 10.0 Å². The Morgan fingerprint density at radius 2 is 1.77 bits per heavy atom. The van der Waals surface area contributed by atoms with Crippen molar-refractivity contribution in [3.63, 3.8) is 0 Å². The van der Waals surface area contributed by atoms with Crippen LogP contribution in [0, 0.1) is 5.82 Å². The Morgan fingerprint density at radius 3 is 2.23 bits per heavy atom. The molecule has 0 saturated carbocycles. The van der Waals surface area contributed by atoms with E-state index in [0.717, 1.165) is 13.1 Å². The van der Waals surface area contributed by atoms with E-state index in [1.807, 2.05) is 0 Å². The SMILES string of the molecule is CC(C)S(=O)(=O)Nc1cc(-n2c(=O)cc(C(F)(F)F)n(C)c2=O)c(F)cc1C(N)=S. The van der Waals surface area contributed by atoms with Gasteiger partial charge in [0.05, 0.1) is 16.6 Å². The van der Waals surface area contributed by atoms with Crippen molar-refractivity contribution in [1.82, 2.24) is 9.13 Å². The molecule has 14 heteroatoms. The van der Waals surface area contributed by atoms with Gasteiger partial charge in [0.15, 0.2) is 0 Å². The van der Waals surface area contributed by atoms with E-state index >= 15 is 0 Å². The molecule has 1 aromatic heterocycles. The molecule has 1 heterocycles. The minimum atomic E-state index is -5.00. The summed E-state index contributed by atoms with van der Waals surface area (Å²) in [6, 6.07) is 1.57. The number of hydrogen-bond acceptors (Lipinski definition) is 5. The Morgan fingerprint density at radius 1 is 1.20 bits per heavy atom. The van der Waals surface area contributed by atoms with Crippen LogP contribution in [0.15, 0.2) is 27.8 Å². The number of benzene rings is 1. The summed E-state index contributed by atoms with van der Waals surface area (Å²) in [5.41, 5.74) is -0.373. The van der Waals surface area contributed by atoms with Gasteiger partial charge in [-0.3, -0.25) is 14.1 Å². The van der Waals surface area contributed by atoms with Crippen LogP contribution in [-0.2, 0) is 23.2 Å². The number of alkyl halides is 3. The number of nitrogens with one attached hydrogen (secondary N) is 1. The van der Waals surface area contributed by atoms with E-state index in [1.165, 1.54) is 13.8 Å². The van der Waals surface area contributed by atoms with Crippen molar-refractivity contribution >= 4 is 32.9 Å². The summed E-state index contributed by atoms with van der Waals surface area (Å²) in [5, 5.41) is -0.924. The third-order valence-electron chi connectivity index (χ3n) is 4.08. The van der Waals surface area contributed by atoms with E-state index in [4.69, 9.17) is 18.0 Å². The highest BCUT2D eigenvalue weighted by Gasteiger charge is 2.35. The predicted octanol–water partition coefficient (Wildman–Crippen LogP) is 1.48. The molecule has 0 unspecified atom stereocenters. The minimum absolute atomic E-state index is 0.125. The highest BCUT2D eigenvalue weighted by molar-refractivity contribution is 7.93. The Bertz CT molecular complexity index is 1250. The molecule has 1 aromatic carbocycles. The van der Waals surface area contributed by atoms with Crippen molar-refractivity contribution in [1.29, 1.82) is 0 Å². The molecule has 0 aliphatic rings. The van der Waals surface area contributed by atoms with E-state index in [2.05, 4.69) is 4.72 Å². The van der Waals surface area contributed by atoms with Gasteiger partial charge in [0.25, 0.3) is 5.56 Å². The van der Waals surface area contributed by atoms with Crippen LogP contribution >= 0.6 is 12.2 Å². The quantitative estimate of drug-likeness (QED) is 0.507. The number of halogens is 4. The predicted molar refractivity (Wildman–Crippen MR) is 106 cm³/mol. The molecule has 30 heavy (non-hydrogen) atoms. The average Bonchev–Trinajstić information content (AvgIpc) is 2.58. The third kappa shape index (κ3) is 4.38. The second kappa shape index (κ2) is 7.83. The summed E-state index contributed by atoms with van der Waals surface area (Å²) in [7, 11) is -3.23. The smallest absolute Gasteiger partial charge is 0.389 e. The Balaban J connectivity index is 2.86. The topological polar surface area (TPSA) is 116 Å². The maximum absolute atomic E-state index is 14.7. The molecule has 0 radical (unpaired) electrons. The second-order valence-electron chi connectivity index (χ2n) is 6.45. The maximum Gasteiger partial charge on any atom is 0.431 e. The maximum atomic E-state index is 14.7. The van der Waals surface area contributed by atoms with Crippen LogP contribution in [0.2, 0.25) is 0 Å². The molecule has 0 fully saturated rings. The highest BCUT2D eigenvalue weighted by Crippen LogP contribution is 2.28. The number of anilines is 1. The van der Waals surface area contributed by atoms with E-state index in [1.54, 1.807) is 0 Å². The van der Waals surface area contributed by atoms with Crippen molar-refractivity contribution in [2.45, 2.75) is 25.3 Å². The van der Waals surface area contributed by atoms with Gasteiger partial charge in [-0.1, -0.05) is 12.2 Å². The van der Waals surface area contributed by atoms with Crippen molar-refractivity contribution < 1.29 is 26.0 Å². The molecule has 0 amide bonds. The fourth-order valence-electron chi connectivity index (χ4n) is 2.41. The second-order valence-corrected chi connectivity index (χ2v) is 9.13. The van der Waals surface area contributed by atoms with Crippen LogP contribution in [0.4, 0.5) is 23.2 Å². The van der Waals surface area contributed by atoms with Gasteiger partial charge in [-0.2, -0.15) is 13.2 Å². The van der Waals surface area contributed by atoms with E-state index in [0.29, 0.717) is 6.07 Å². The van der Waals surface area contributed by atoms with E-state index in [-0.39, 0.29) is 26.5 Å². The first-order valence-electron chi connectivity index (χ1n) is 8.13. The first kappa shape index (κ1) is 23.5. The van der Waals surface area contributed by atoms with Gasteiger partial charge in [0.1, 0.15) is 16.5 Å². The lowest BCUT2D eigenvalue weighted by Gasteiger charge is -2.18. The number of rotatable bonds is 5. The van der Waals surface area contributed by atoms with Crippen molar-refractivity contribution in [3.05, 3.63) is 56.1 Å². The molecule has 0 atom stereocenters. The monoisotopic (exact) mass is 468 g/mol. The highest BCUT2D eigenvalue weighted by atomic mass is 32.2. The van der Waals surface area contributed by atoms with Gasteiger partial charge in [0, 0.05) is 18.7 Å². The van der Waals surface area contributed by atoms with Crippen LogP contribution in [-0.4, -0.2) is 27.8 Å². The van der Waals surface area contributed by atoms with Crippen molar-refractivity contribution in [2.24, 2.45) is 12.8 Å². The summed E-state index contributed by atoms with van der Waals surface area (Å²) in [4.78, 5) is 24.2. The van der Waals surface area contributed by atoms with Crippen LogP contribution < -0.4 is 21.7 Å². The molecule has 2 aromatic rings. The van der Waals surface area contributed by atoms with Crippen LogP contribution in [0.3, 0.4) is 0 Å². The van der Waals surface area contributed by atoms with Crippen LogP contribution in [0.1, 0.15) is 25.1 Å². The molecular weight excluding hydrogens is 452 g/mol. The number of thiocarbonyl (C=S) groups is 1. The largest absolute Gasteiger partial charge is 0.431 e. The normalized spacial score (nSPS) is 12.3. The average molecular weight is 468 g/mol. The third-order valence-corrected chi connectivity index (χ3v) is 6.04. The summed E-state index contributed by atoms with van der Waals surface area (Å²) in [5.74, 6) is -1.23. The first-order chi connectivity index (χ1) is 13.6. The Kier molecular flexibility index (Phi) is 6.14.